The first kappa shape index (κ1) is 9.79. The van der Waals surface area contributed by atoms with Crippen LogP contribution in [0.3, 0.4) is 0 Å². The lowest BCUT2D eigenvalue weighted by atomic mass is 10.2. The molecule has 0 fully saturated rings. The van der Waals surface area contributed by atoms with E-state index in [1.54, 1.807) is 18.5 Å². The van der Waals surface area contributed by atoms with Gasteiger partial charge in [-0.3, -0.25) is 0 Å². The van der Waals surface area contributed by atoms with Crippen LogP contribution in [0.15, 0.2) is 18.5 Å². The van der Waals surface area contributed by atoms with Crippen LogP contribution in [0.25, 0.3) is 11.0 Å². The lowest BCUT2D eigenvalue weighted by molar-refractivity contribution is 0.150. The maximum Gasteiger partial charge on any atom is 0.404 e. The van der Waals surface area contributed by atoms with Crippen molar-refractivity contribution in [1.29, 1.82) is 0 Å². The molecule has 0 saturated heterocycles. The zero-order chi connectivity index (χ0) is 10.8. The average Bonchev–Trinajstić information content (AvgIpc) is 2.57. The molecule has 2 aromatic rings. The van der Waals surface area contributed by atoms with Crippen molar-refractivity contribution in [2.24, 2.45) is 5.73 Å². The number of H-pyrrole nitrogens is 1. The van der Waals surface area contributed by atoms with Gasteiger partial charge in [-0.1, -0.05) is 11.6 Å². The number of fused-ring (bicyclic) bond motifs is 1. The molecular formula is C9H8ClN3O2. The largest absolute Gasteiger partial charge is 0.445 e. The summed E-state index contributed by atoms with van der Waals surface area (Å²) < 4.78 is 4.64. The minimum absolute atomic E-state index is 0.0970. The van der Waals surface area contributed by atoms with Crippen molar-refractivity contribution < 1.29 is 9.53 Å². The summed E-state index contributed by atoms with van der Waals surface area (Å²) >= 11 is 5.90. The van der Waals surface area contributed by atoms with Gasteiger partial charge in [0.1, 0.15) is 12.3 Å². The van der Waals surface area contributed by atoms with Crippen LogP contribution in [0.4, 0.5) is 4.79 Å². The van der Waals surface area contributed by atoms with Gasteiger partial charge in [-0.2, -0.15) is 0 Å². The smallest absolute Gasteiger partial charge is 0.404 e. The Kier molecular flexibility index (Phi) is 2.47. The monoisotopic (exact) mass is 225 g/mol. The zero-order valence-corrected chi connectivity index (χ0v) is 8.41. The van der Waals surface area contributed by atoms with Gasteiger partial charge in [-0.25, -0.2) is 9.78 Å². The lowest BCUT2D eigenvalue weighted by Gasteiger charge is -2.01. The van der Waals surface area contributed by atoms with Crippen molar-refractivity contribution in [2.75, 3.05) is 0 Å². The third-order valence-corrected chi connectivity index (χ3v) is 2.23. The van der Waals surface area contributed by atoms with E-state index >= 15 is 0 Å². The molecule has 0 saturated carbocycles. The number of amides is 1. The van der Waals surface area contributed by atoms with E-state index in [1.165, 1.54) is 0 Å². The van der Waals surface area contributed by atoms with Crippen LogP contribution in [0, 0.1) is 0 Å². The Labute approximate surface area is 90.2 Å². The number of nitrogens with two attached hydrogens (primary N) is 1. The molecule has 0 aromatic carbocycles. The van der Waals surface area contributed by atoms with Crippen LogP contribution >= 0.6 is 11.6 Å². The van der Waals surface area contributed by atoms with E-state index in [0.717, 1.165) is 10.9 Å². The molecule has 0 atom stereocenters. The predicted octanol–water partition coefficient (Wildman–Crippen LogP) is 1.81. The van der Waals surface area contributed by atoms with Gasteiger partial charge in [0.15, 0.2) is 0 Å². The maximum atomic E-state index is 10.4. The average molecular weight is 226 g/mol. The van der Waals surface area contributed by atoms with Gasteiger partial charge in [0.2, 0.25) is 0 Å². The summed E-state index contributed by atoms with van der Waals surface area (Å²) in [6.45, 7) is 0.0970. The van der Waals surface area contributed by atoms with Crippen LogP contribution in [0.1, 0.15) is 5.56 Å². The zero-order valence-electron chi connectivity index (χ0n) is 7.66. The second-order valence-electron chi connectivity index (χ2n) is 2.98. The first-order valence-electron chi connectivity index (χ1n) is 4.20. The van der Waals surface area contributed by atoms with E-state index in [4.69, 9.17) is 17.3 Å². The Morgan fingerprint density at radius 2 is 2.47 bits per heavy atom. The Morgan fingerprint density at radius 3 is 3.20 bits per heavy atom. The minimum Gasteiger partial charge on any atom is -0.445 e. The number of hydrogen-bond acceptors (Lipinski definition) is 3. The number of nitrogens with zero attached hydrogens (tertiary/aromatic N) is 1. The highest BCUT2D eigenvalue weighted by molar-refractivity contribution is 6.35. The number of hydrogen-bond donors (Lipinski definition) is 2. The molecule has 3 N–H and O–H groups in total. The van der Waals surface area contributed by atoms with Crippen molar-refractivity contribution in [2.45, 2.75) is 6.61 Å². The van der Waals surface area contributed by atoms with E-state index in [1.807, 2.05) is 0 Å². The van der Waals surface area contributed by atoms with Crippen LogP contribution < -0.4 is 5.73 Å². The van der Waals surface area contributed by atoms with Gasteiger partial charge in [-0.05, 0) is 6.07 Å². The number of aromatic amines is 1. The molecule has 2 aromatic heterocycles. The van der Waals surface area contributed by atoms with Crippen LogP contribution in [-0.4, -0.2) is 16.1 Å². The first-order valence-corrected chi connectivity index (χ1v) is 4.58. The number of rotatable bonds is 2. The molecule has 0 aliphatic heterocycles. The summed E-state index contributed by atoms with van der Waals surface area (Å²) in [5.74, 6) is 0. The van der Waals surface area contributed by atoms with E-state index in [9.17, 15) is 4.79 Å². The second kappa shape index (κ2) is 3.78. The molecule has 0 aliphatic carbocycles. The number of carbonyl (C=O) groups excluding carboxylic acids is 1. The quantitative estimate of drug-likeness (QED) is 0.818. The number of ether oxygens (including phenoxy) is 1. The highest BCUT2D eigenvalue weighted by atomic mass is 35.5. The number of aromatic nitrogens is 2. The molecule has 0 spiro atoms. The van der Waals surface area contributed by atoms with Crippen LogP contribution in [-0.2, 0) is 11.3 Å². The molecule has 0 bridgehead atoms. The van der Waals surface area contributed by atoms with Crippen molar-refractivity contribution in [3.63, 3.8) is 0 Å². The van der Waals surface area contributed by atoms with Crippen molar-refractivity contribution in [3.05, 3.63) is 29.0 Å². The molecular weight excluding hydrogens is 218 g/mol. The molecule has 78 valence electrons. The maximum absolute atomic E-state index is 10.4. The summed E-state index contributed by atoms with van der Waals surface area (Å²) in [7, 11) is 0. The van der Waals surface area contributed by atoms with Gasteiger partial charge in [0, 0.05) is 23.3 Å². The van der Waals surface area contributed by atoms with E-state index in [2.05, 4.69) is 14.7 Å². The van der Waals surface area contributed by atoms with Crippen LogP contribution in [0.5, 0.6) is 0 Å². The fraction of sp³-hybridized carbons (Fsp3) is 0.111. The van der Waals surface area contributed by atoms with E-state index in [0.29, 0.717) is 10.7 Å². The molecule has 2 rings (SSSR count). The second-order valence-corrected chi connectivity index (χ2v) is 3.39. The molecule has 0 aliphatic rings. The van der Waals surface area contributed by atoms with Crippen molar-refractivity contribution in [1.82, 2.24) is 9.97 Å². The SMILES string of the molecule is NC(=O)OCc1cnc2[nH]cc(Cl)c2c1. The third-order valence-electron chi connectivity index (χ3n) is 1.92. The summed E-state index contributed by atoms with van der Waals surface area (Å²) in [5.41, 5.74) is 6.28. The highest BCUT2D eigenvalue weighted by Crippen LogP contribution is 2.22. The van der Waals surface area contributed by atoms with Gasteiger partial charge in [-0.15, -0.1) is 0 Å². The first-order chi connectivity index (χ1) is 7.16. The van der Waals surface area contributed by atoms with Gasteiger partial charge < -0.3 is 15.5 Å². The van der Waals surface area contributed by atoms with Crippen LogP contribution in [0.2, 0.25) is 5.02 Å². The summed E-state index contributed by atoms with van der Waals surface area (Å²) in [4.78, 5) is 17.4. The predicted molar refractivity (Wildman–Crippen MR) is 55.5 cm³/mol. The number of nitrogens with one attached hydrogen (secondary N) is 1. The Bertz CT molecular complexity index is 509. The van der Waals surface area contributed by atoms with Gasteiger partial charge in [0.25, 0.3) is 0 Å². The standard InChI is InChI=1S/C9H8ClN3O2/c10-7-3-13-8-6(7)1-5(2-12-8)4-15-9(11)14/h1-3H,4H2,(H2,11,14)(H,12,13). The molecule has 1 amide bonds. The number of carbonyl (C=O) groups is 1. The van der Waals surface area contributed by atoms with E-state index in [-0.39, 0.29) is 6.61 Å². The number of halogens is 1. The van der Waals surface area contributed by atoms with Crippen molar-refractivity contribution in [3.8, 4) is 0 Å². The van der Waals surface area contributed by atoms with E-state index < -0.39 is 6.09 Å². The minimum atomic E-state index is -0.810. The molecule has 6 heteroatoms. The molecule has 0 radical (unpaired) electrons. The third kappa shape index (κ3) is 2.02. The molecule has 5 nitrogen and oxygen atoms in total. The lowest BCUT2D eigenvalue weighted by Crippen LogP contribution is -2.12. The fourth-order valence-corrected chi connectivity index (χ4v) is 1.45. The van der Waals surface area contributed by atoms with Gasteiger partial charge in [0.05, 0.1) is 5.02 Å². The normalized spacial score (nSPS) is 10.5. The number of pyridine rings is 1. The Hall–Kier alpha value is -1.75. The molecule has 0 unspecified atom stereocenters. The van der Waals surface area contributed by atoms with Crippen molar-refractivity contribution >= 4 is 28.7 Å². The summed E-state index contributed by atoms with van der Waals surface area (Å²) in [5, 5.41) is 1.38. The topological polar surface area (TPSA) is 81.0 Å². The number of primary amides is 1. The summed E-state index contributed by atoms with van der Waals surface area (Å²) in [6.07, 6.45) is 2.44. The fourth-order valence-electron chi connectivity index (χ4n) is 1.25. The summed E-state index contributed by atoms with van der Waals surface area (Å²) in [6, 6.07) is 1.80. The Morgan fingerprint density at radius 1 is 1.67 bits per heavy atom. The highest BCUT2D eigenvalue weighted by Gasteiger charge is 2.04. The van der Waals surface area contributed by atoms with Gasteiger partial charge >= 0.3 is 6.09 Å². The molecule has 2 heterocycles. The molecule has 15 heavy (non-hydrogen) atoms. The Balaban J connectivity index is 2.29.